The maximum atomic E-state index is 15.6. The van der Waals surface area contributed by atoms with E-state index in [1.54, 1.807) is 6.92 Å². The lowest BCUT2D eigenvalue weighted by atomic mass is 9.50. The molecule has 380 valence electrons. The SMILES string of the molecule is C=C(C)C(=O)OC12CC3CC(C1)OC(C3)C2.CC1C2CCC(C2)C1C1C(=O)OC(=O)C1C1OCCCC1C(C)(C(=O)OC1(C)C2CC3CC(C2)CC1C3)C(C)(C)C(=O)OC12CC3CC(C1)OC(C3)C2. The van der Waals surface area contributed by atoms with Gasteiger partial charge < -0.3 is 33.2 Å². The fourth-order valence-corrected chi connectivity index (χ4v) is 19.3. The van der Waals surface area contributed by atoms with Gasteiger partial charge in [0, 0.05) is 43.8 Å². The highest BCUT2D eigenvalue weighted by Crippen LogP contribution is 2.64. The molecule has 0 N–H and O–H groups in total. The average Bonchev–Trinajstić information content (AvgIpc) is 3.96. The molecule has 0 aromatic heterocycles. The fraction of sp³-hybridized carbons (Fsp3) is 0.877. The largest absolute Gasteiger partial charge is 0.458 e. The van der Waals surface area contributed by atoms with Crippen molar-refractivity contribution in [3.8, 4) is 0 Å². The third-order valence-electron chi connectivity index (χ3n) is 22.6. The van der Waals surface area contributed by atoms with E-state index in [4.69, 9.17) is 33.2 Å². The van der Waals surface area contributed by atoms with E-state index in [9.17, 15) is 14.4 Å². The van der Waals surface area contributed by atoms with Crippen molar-refractivity contribution in [3.05, 3.63) is 12.2 Å². The van der Waals surface area contributed by atoms with Crippen molar-refractivity contribution in [2.75, 3.05) is 6.61 Å². The molecule has 69 heavy (non-hydrogen) atoms. The van der Waals surface area contributed by atoms with Crippen LogP contribution in [0.25, 0.3) is 0 Å². The van der Waals surface area contributed by atoms with Crippen LogP contribution in [0.5, 0.6) is 0 Å². The van der Waals surface area contributed by atoms with E-state index in [0.29, 0.717) is 103 Å². The molecule has 16 fully saturated rings. The van der Waals surface area contributed by atoms with E-state index in [-0.39, 0.29) is 41.6 Å². The number of carbonyl (C=O) groups excluding carboxylic acids is 5. The standard InChI is InChI=1S/C44H62O9.C13H18O3/c1-22-26-8-9-27(18-26)33(22)34-35(38(46)51-37(34)45)36-32(7-6-10-49-36)42(4,40(48)52-43(5)28-12-23-11-24(14-28)15-29(43)13-23)41(2,3)39(47)53-44-19-25-16-30(20-44)50-31(17-25)21-44;1-8(2)12(14)16-13-5-9-3-10(6-13)15-11(4-9)7-13/h22-36H,6-21H2,1-5H3;9-11H,1,3-7H2,2H3. The first kappa shape index (κ1) is 47.2. The lowest BCUT2D eigenvalue weighted by Crippen LogP contribution is -2.64. The number of hydrogen-bond acceptors (Lipinski definition) is 12. The van der Waals surface area contributed by atoms with Gasteiger partial charge in [0.15, 0.2) is 0 Å². The van der Waals surface area contributed by atoms with Gasteiger partial charge in [0.05, 0.1) is 53.2 Å². The Hall–Kier alpha value is -2.83. The van der Waals surface area contributed by atoms with Crippen LogP contribution in [0.1, 0.15) is 170 Å². The Kier molecular flexibility index (Phi) is 11.3. The number of ether oxygens (including phenoxy) is 7. The van der Waals surface area contributed by atoms with Crippen molar-refractivity contribution in [2.45, 2.75) is 217 Å². The summed E-state index contributed by atoms with van der Waals surface area (Å²) in [5, 5.41) is 0. The van der Waals surface area contributed by atoms with Gasteiger partial charge in [-0.3, -0.25) is 19.2 Å². The van der Waals surface area contributed by atoms with Gasteiger partial charge in [-0.15, -0.1) is 0 Å². The van der Waals surface area contributed by atoms with E-state index in [1.807, 2.05) is 20.8 Å². The van der Waals surface area contributed by atoms with Gasteiger partial charge in [0.2, 0.25) is 0 Å². The van der Waals surface area contributed by atoms with Crippen LogP contribution in [0, 0.1) is 87.8 Å². The summed E-state index contributed by atoms with van der Waals surface area (Å²) in [5.74, 6) is 0.524. The van der Waals surface area contributed by atoms with E-state index in [2.05, 4.69) is 20.4 Å². The Morgan fingerprint density at radius 2 is 1.17 bits per heavy atom. The van der Waals surface area contributed by atoms with Crippen LogP contribution >= 0.6 is 0 Å². The van der Waals surface area contributed by atoms with Crippen molar-refractivity contribution >= 4 is 29.8 Å². The van der Waals surface area contributed by atoms with Crippen LogP contribution in [0.4, 0.5) is 0 Å². The van der Waals surface area contributed by atoms with Crippen molar-refractivity contribution in [2.24, 2.45) is 87.8 Å². The molecule has 6 saturated heterocycles. The smallest absolute Gasteiger partial charge is 0.333 e. The number of rotatable bonds is 10. The van der Waals surface area contributed by atoms with Crippen molar-refractivity contribution in [1.29, 1.82) is 0 Å². The maximum absolute atomic E-state index is 15.6. The quantitative estimate of drug-likeness (QED) is 0.0889. The number of hydrogen-bond donors (Lipinski definition) is 0. The highest BCUT2D eigenvalue weighted by atomic mass is 16.6. The maximum Gasteiger partial charge on any atom is 0.333 e. The molecule has 12 nitrogen and oxygen atoms in total. The molecule has 0 aromatic rings. The third kappa shape index (κ3) is 7.58. The van der Waals surface area contributed by atoms with Gasteiger partial charge >= 0.3 is 29.8 Å². The zero-order chi connectivity index (χ0) is 48.2. The topological polar surface area (TPSA) is 150 Å². The molecule has 12 heteroatoms. The van der Waals surface area contributed by atoms with Crippen LogP contribution in [-0.4, -0.2) is 83.8 Å². The van der Waals surface area contributed by atoms with E-state index >= 15 is 9.59 Å². The summed E-state index contributed by atoms with van der Waals surface area (Å²) < 4.78 is 43.8. The molecule has 13 unspecified atom stereocenters. The van der Waals surface area contributed by atoms with Gasteiger partial charge in [-0.2, -0.15) is 0 Å². The molecule has 0 radical (unpaired) electrons. The minimum absolute atomic E-state index is 0.0466. The van der Waals surface area contributed by atoms with E-state index < -0.39 is 57.8 Å². The second-order valence-corrected chi connectivity index (χ2v) is 26.9. The molecule has 14 bridgehead atoms. The van der Waals surface area contributed by atoms with Gasteiger partial charge in [0.25, 0.3) is 0 Å². The van der Waals surface area contributed by atoms with Gasteiger partial charge in [0.1, 0.15) is 16.8 Å². The minimum atomic E-state index is -1.41. The van der Waals surface area contributed by atoms with Crippen molar-refractivity contribution in [1.82, 2.24) is 0 Å². The summed E-state index contributed by atoms with van der Waals surface area (Å²) >= 11 is 0. The van der Waals surface area contributed by atoms with Crippen LogP contribution in [0.2, 0.25) is 0 Å². The first-order valence-electron chi connectivity index (χ1n) is 27.8. The summed E-state index contributed by atoms with van der Waals surface area (Å²) in [4.78, 5) is 70.1. The molecular formula is C57H80O12. The molecule has 10 saturated carbocycles. The number of esters is 5. The highest BCUT2D eigenvalue weighted by molar-refractivity contribution is 5.97. The first-order valence-corrected chi connectivity index (χ1v) is 27.8. The summed E-state index contributed by atoms with van der Waals surface area (Å²) in [6, 6.07) is 0. The summed E-state index contributed by atoms with van der Waals surface area (Å²) in [7, 11) is 0. The first-order chi connectivity index (χ1) is 32.7. The Labute approximate surface area is 409 Å². The average molecular weight is 957 g/mol. The molecule has 0 spiro atoms. The minimum Gasteiger partial charge on any atom is -0.458 e. The molecule has 10 aliphatic carbocycles. The van der Waals surface area contributed by atoms with E-state index in [0.717, 1.165) is 89.9 Å². The third-order valence-corrected chi connectivity index (χ3v) is 22.6. The molecule has 16 aliphatic rings. The van der Waals surface area contributed by atoms with Crippen LogP contribution in [0.15, 0.2) is 12.2 Å². The Morgan fingerprint density at radius 3 is 1.70 bits per heavy atom. The Morgan fingerprint density at radius 1 is 0.638 bits per heavy atom. The second-order valence-electron chi connectivity index (χ2n) is 26.9. The second kappa shape index (κ2) is 16.6. The van der Waals surface area contributed by atoms with Gasteiger partial charge in [-0.1, -0.05) is 13.5 Å². The van der Waals surface area contributed by atoms with Crippen LogP contribution in [-0.2, 0) is 57.1 Å². The van der Waals surface area contributed by atoms with Crippen LogP contribution in [0.3, 0.4) is 0 Å². The zero-order valence-corrected chi connectivity index (χ0v) is 42.3. The lowest BCUT2D eigenvalue weighted by Gasteiger charge is -2.60. The van der Waals surface area contributed by atoms with Crippen LogP contribution < -0.4 is 0 Å². The van der Waals surface area contributed by atoms with Crippen molar-refractivity contribution < 1.29 is 57.1 Å². The molecular weight excluding hydrogens is 877 g/mol. The van der Waals surface area contributed by atoms with Gasteiger partial charge in [-0.05, 0) is 197 Å². The van der Waals surface area contributed by atoms with Crippen molar-refractivity contribution in [3.63, 3.8) is 0 Å². The molecule has 16 rings (SSSR count). The summed E-state index contributed by atoms with van der Waals surface area (Å²) in [6.07, 6.45) is 19.7. The monoisotopic (exact) mass is 957 g/mol. The normalized spacial score (nSPS) is 50.1. The molecule has 6 heterocycles. The number of cyclic esters (lactones) is 2. The highest BCUT2D eigenvalue weighted by Gasteiger charge is 2.69. The van der Waals surface area contributed by atoms with Gasteiger partial charge in [-0.25, -0.2) is 4.79 Å². The molecule has 13 atom stereocenters. The predicted octanol–water partition coefficient (Wildman–Crippen LogP) is 9.42. The predicted molar refractivity (Wildman–Crippen MR) is 250 cm³/mol. The molecule has 6 aliphatic heterocycles. The zero-order valence-electron chi connectivity index (χ0n) is 42.3. The Balaban J connectivity index is 0.000000259. The Bertz CT molecular complexity index is 2040. The molecule has 0 amide bonds. The summed E-state index contributed by atoms with van der Waals surface area (Å²) in [5.41, 5.74) is -3.68. The van der Waals surface area contributed by atoms with E-state index in [1.165, 1.54) is 12.8 Å². The fourth-order valence-electron chi connectivity index (χ4n) is 19.3. The number of carbonyl (C=O) groups is 5. The summed E-state index contributed by atoms with van der Waals surface area (Å²) in [6.45, 7) is 15.8. The lowest BCUT2D eigenvalue weighted by molar-refractivity contribution is -0.250. The number of fused-ring (bicyclic) bond motifs is 2. The molecule has 0 aromatic carbocycles.